The van der Waals surface area contributed by atoms with E-state index in [2.05, 4.69) is 38.7 Å². The summed E-state index contributed by atoms with van der Waals surface area (Å²) in [6, 6.07) is 8.54. The number of aliphatic imine (C=N–C) groups is 1. The first-order chi connectivity index (χ1) is 12.2. The number of benzene rings is 1. The summed E-state index contributed by atoms with van der Waals surface area (Å²) in [5, 5.41) is 6.66. The highest BCUT2D eigenvalue weighted by Crippen LogP contribution is 2.15. The van der Waals surface area contributed by atoms with Crippen molar-refractivity contribution in [3.63, 3.8) is 0 Å². The summed E-state index contributed by atoms with van der Waals surface area (Å²) < 4.78 is 5.37. The maximum absolute atomic E-state index is 12.0. The third-order valence-corrected chi connectivity index (χ3v) is 3.98. The van der Waals surface area contributed by atoms with Gasteiger partial charge in [-0.15, -0.1) is 24.0 Å². The second kappa shape index (κ2) is 10.0. The van der Waals surface area contributed by atoms with Crippen molar-refractivity contribution in [1.82, 2.24) is 15.5 Å². The number of amides is 1. The molecule has 2 N–H and O–H groups in total. The zero-order valence-electron chi connectivity index (χ0n) is 17.1. The Morgan fingerprint density at radius 2 is 2.00 bits per heavy atom. The van der Waals surface area contributed by atoms with Crippen molar-refractivity contribution in [2.75, 3.05) is 39.1 Å². The van der Waals surface area contributed by atoms with E-state index in [0.717, 1.165) is 5.96 Å². The van der Waals surface area contributed by atoms with Crippen LogP contribution >= 0.6 is 24.0 Å². The standard InChI is InChI=1S/C19H31N5O2.HI/c1-19(2,3)26-18(25)24-12-15(13-24)22-17(20-4)21-11-14-8-7-9-16(10-14)23(5)6;/h7-10,15H,11-13H2,1-6H3,(H2,20,21,22);1H. The van der Waals surface area contributed by atoms with Crippen LogP contribution in [-0.4, -0.2) is 62.8 Å². The van der Waals surface area contributed by atoms with Gasteiger partial charge in [-0.05, 0) is 38.5 Å². The molecular formula is C19H32IN5O2. The van der Waals surface area contributed by atoms with Crippen LogP contribution in [0.1, 0.15) is 26.3 Å². The molecule has 1 heterocycles. The first-order valence-electron chi connectivity index (χ1n) is 8.89. The number of hydrogen-bond acceptors (Lipinski definition) is 4. The van der Waals surface area contributed by atoms with E-state index in [-0.39, 0.29) is 36.1 Å². The van der Waals surface area contributed by atoms with Crippen LogP contribution < -0.4 is 15.5 Å². The highest BCUT2D eigenvalue weighted by molar-refractivity contribution is 14.0. The van der Waals surface area contributed by atoms with Crippen LogP contribution in [0, 0.1) is 0 Å². The van der Waals surface area contributed by atoms with Gasteiger partial charge in [0, 0.05) is 46.5 Å². The highest BCUT2D eigenvalue weighted by Gasteiger charge is 2.34. The van der Waals surface area contributed by atoms with Gasteiger partial charge >= 0.3 is 6.09 Å². The quantitative estimate of drug-likeness (QED) is 0.387. The van der Waals surface area contributed by atoms with Gasteiger partial charge in [-0.1, -0.05) is 12.1 Å². The average Bonchev–Trinajstić information content (AvgIpc) is 2.51. The number of carbonyl (C=O) groups excluding carboxylic acids is 1. The van der Waals surface area contributed by atoms with Gasteiger partial charge in [0.05, 0.1) is 6.04 Å². The lowest BCUT2D eigenvalue weighted by Crippen LogP contribution is -2.63. The summed E-state index contributed by atoms with van der Waals surface area (Å²) in [5.41, 5.74) is 1.89. The Kier molecular flexibility index (Phi) is 8.64. The lowest BCUT2D eigenvalue weighted by Gasteiger charge is -2.40. The number of carbonyl (C=O) groups is 1. The minimum atomic E-state index is -0.464. The van der Waals surface area contributed by atoms with Crippen LogP contribution in [0.4, 0.5) is 10.5 Å². The van der Waals surface area contributed by atoms with Crippen molar-refractivity contribution in [3.05, 3.63) is 29.8 Å². The Morgan fingerprint density at radius 1 is 1.33 bits per heavy atom. The molecule has 0 radical (unpaired) electrons. The lowest BCUT2D eigenvalue weighted by molar-refractivity contribution is 0.00701. The summed E-state index contributed by atoms with van der Waals surface area (Å²) in [7, 11) is 5.80. The van der Waals surface area contributed by atoms with E-state index in [1.165, 1.54) is 11.3 Å². The molecule has 1 aliphatic rings. The van der Waals surface area contributed by atoms with Gasteiger partial charge in [0.1, 0.15) is 5.60 Å². The highest BCUT2D eigenvalue weighted by atomic mass is 127. The molecule has 1 saturated heterocycles. The minimum Gasteiger partial charge on any atom is -0.444 e. The number of halogens is 1. The van der Waals surface area contributed by atoms with Crippen molar-refractivity contribution < 1.29 is 9.53 Å². The molecule has 8 heteroatoms. The maximum Gasteiger partial charge on any atom is 0.410 e. The summed E-state index contributed by atoms with van der Waals surface area (Å²) in [6.45, 7) is 7.54. The zero-order valence-corrected chi connectivity index (χ0v) is 19.4. The molecule has 152 valence electrons. The van der Waals surface area contributed by atoms with Crippen LogP contribution in [0.25, 0.3) is 0 Å². The van der Waals surface area contributed by atoms with Gasteiger partial charge in [-0.3, -0.25) is 4.99 Å². The molecule has 27 heavy (non-hydrogen) atoms. The Hall–Kier alpha value is -1.71. The fraction of sp³-hybridized carbons (Fsp3) is 0.579. The number of rotatable bonds is 4. The van der Waals surface area contributed by atoms with Gasteiger partial charge in [0.25, 0.3) is 0 Å². The van der Waals surface area contributed by atoms with Crippen molar-refractivity contribution in [1.29, 1.82) is 0 Å². The van der Waals surface area contributed by atoms with Gasteiger partial charge in [-0.25, -0.2) is 4.79 Å². The normalized spacial score (nSPS) is 14.7. The van der Waals surface area contributed by atoms with Crippen molar-refractivity contribution in [3.8, 4) is 0 Å². The second-order valence-corrected chi connectivity index (χ2v) is 7.72. The van der Waals surface area contributed by atoms with Crippen LogP contribution in [0.3, 0.4) is 0 Å². The third kappa shape index (κ3) is 7.43. The molecular weight excluding hydrogens is 457 g/mol. The molecule has 0 aliphatic carbocycles. The van der Waals surface area contributed by atoms with Crippen LogP contribution in [0.2, 0.25) is 0 Å². The monoisotopic (exact) mass is 489 g/mol. The molecule has 0 atom stereocenters. The summed E-state index contributed by atoms with van der Waals surface area (Å²) in [4.78, 5) is 20.0. The van der Waals surface area contributed by atoms with Gasteiger partial charge in [0.15, 0.2) is 5.96 Å². The smallest absolute Gasteiger partial charge is 0.410 e. The molecule has 0 bridgehead atoms. The molecule has 0 unspecified atom stereocenters. The van der Waals surface area contributed by atoms with Crippen LogP contribution in [-0.2, 0) is 11.3 Å². The maximum atomic E-state index is 12.0. The fourth-order valence-corrected chi connectivity index (χ4v) is 2.56. The molecule has 1 aromatic carbocycles. The number of nitrogens with one attached hydrogen (secondary N) is 2. The van der Waals surface area contributed by atoms with Gasteiger partial charge < -0.3 is 25.2 Å². The van der Waals surface area contributed by atoms with E-state index in [9.17, 15) is 4.79 Å². The van der Waals surface area contributed by atoms with Crippen molar-refractivity contribution in [2.24, 2.45) is 4.99 Å². The first-order valence-corrected chi connectivity index (χ1v) is 8.89. The van der Waals surface area contributed by atoms with Crippen LogP contribution in [0.15, 0.2) is 29.3 Å². The summed E-state index contributed by atoms with van der Waals surface area (Å²) in [6.07, 6.45) is -0.265. The Balaban J connectivity index is 0.00000364. The predicted molar refractivity (Wildman–Crippen MR) is 121 cm³/mol. The topological polar surface area (TPSA) is 69.2 Å². The first kappa shape index (κ1) is 23.3. The van der Waals surface area contributed by atoms with E-state index in [0.29, 0.717) is 19.6 Å². The fourth-order valence-electron chi connectivity index (χ4n) is 2.56. The number of nitrogens with zero attached hydrogens (tertiary/aromatic N) is 3. The Morgan fingerprint density at radius 3 is 2.56 bits per heavy atom. The van der Waals surface area contributed by atoms with Crippen molar-refractivity contribution in [2.45, 2.75) is 39.0 Å². The van der Waals surface area contributed by atoms with Crippen molar-refractivity contribution >= 4 is 41.7 Å². The molecule has 0 saturated carbocycles. The number of hydrogen-bond donors (Lipinski definition) is 2. The molecule has 0 spiro atoms. The molecule has 2 rings (SSSR count). The summed E-state index contributed by atoms with van der Waals surface area (Å²) in [5.74, 6) is 0.731. The van der Waals surface area contributed by atoms with E-state index < -0.39 is 5.60 Å². The number of ether oxygens (including phenoxy) is 1. The molecule has 1 aliphatic heterocycles. The van der Waals surface area contributed by atoms with Crippen LogP contribution in [0.5, 0.6) is 0 Å². The minimum absolute atomic E-state index is 0. The third-order valence-electron chi connectivity index (χ3n) is 3.98. The van der Waals surface area contributed by atoms with Gasteiger partial charge in [0.2, 0.25) is 0 Å². The van der Waals surface area contributed by atoms with E-state index in [1.807, 2.05) is 40.9 Å². The lowest BCUT2D eigenvalue weighted by atomic mass is 10.1. The zero-order chi connectivity index (χ0) is 19.3. The molecule has 1 fully saturated rings. The molecule has 0 aromatic heterocycles. The Bertz CT molecular complexity index is 652. The molecule has 7 nitrogen and oxygen atoms in total. The largest absolute Gasteiger partial charge is 0.444 e. The molecule has 1 amide bonds. The summed E-state index contributed by atoms with van der Waals surface area (Å²) >= 11 is 0. The van der Waals surface area contributed by atoms with E-state index in [1.54, 1.807) is 11.9 Å². The molecule has 1 aromatic rings. The average molecular weight is 489 g/mol. The predicted octanol–water partition coefficient (Wildman–Crippen LogP) is 2.65. The van der Waals surface area contributed by atoms with E-state index in [4.69, 9.17) is 4.74 Å². The number of guanidine groups is 1. The Labute approximate surface area is 179 Å². The van der Waals surface area contributed by atoms with Gasteiger partial charge in [-0.2, -0.15) is 0 Å². The number of anilines is 1. The van der Waals surface area contributed by atoms with E-state index >= 15 is 0 Å². The SMILES string of the molecule is CN=C(NCc1cccc(N(C)C)c1)NC1CN(C(=O)OC(C)(C)C)C1.I. The second-order valence-electron chi connectivity index (χ2n) is 7.72. The number of likely N-dealkylation sites (tertiary alicyclic amines) is 1.